The zero-order valence-corrected chi connectivity index (χ0v) is 12.6. The van der Waals surface area contributed by atoms with Crippen molar-refractivity contribution in [2.45, 2.75) is 32.2 Å². The van der Waals surface area contributed by atoms with E-state index in [9.17, 15) is 4.79 Å². The van der Waals surface area contributed by atoms with E-state index in [1.54, 1.807) is 0 Å². The Morgan fingerprint density at radius 1 is 1.38 bits per heavy atom. The second-order valence-corrected chi connectivity index (χ2v) is 6.38. The van der Waals surface area contributed by atoms with E-state index in [1.165, 1.54) is 12.0 Å². The van der Waals surface area contributed by atoms with Gasteiger partial charge in [-0.25, -0.2) is 0 Å². The van der Waals surface area contributed by atoms with E-state index >= 15 is 0 Å². The van der Waals surface area contributed by atoms with E-state index in [1.807, 2.05) is 36.1 Å². The lowest BCUT2D eigenvalue weighted by molar-refractivity contribution is -0.131. The third kappa shape index (κ3) is 3.21. The molecule has 1 aliphatic carbocycles. The number of amides is 1. The third-order valence-corrected chi connectivity index (χ3v) is 4.84. The Morgan fingerprint density at radius 3 is 3.00 bits per heavy atom. The van der Waals surface area contributed by atoms with E-state index in [4.69, 9.17) is 10.5 Å². The molecule has 1 heterocycles. The molecule has 3 rings (SSSR count). The first-order valence-electron chi connectivity index (χ1n) is 7.86. The Balaban J connectivity index is 1.45. The third-order valence-electron chi connectivity index (χ3n) is 4.84. The molecule has 1 aromatic rings. The van der Waals surface area contributed by atoms with Crippen molar-refractivity contribution in [2.24, 2.45) is 17.6 Å². The minimum absolute atomic E-state index is 0.198. The molecule has 2 aliphatic rings. The Hall–Kier alpha value is -1.55. The molecular weight excluding hydrogens is 264 g/mol. The molecule has 0 spiro atoms. The normalized spacial score (nSPS) is 27.7. The van der Waals surface area contributed by atoms with Gasteiger partial charge in [-0.1, -0.05) is 12.1 Å². The highest BCUT2D eigenvalue weighted by molar-refractivity contribution is 5.76. The van der Waals surface area contributed by atoms with Gasteiger partial charge in [0.2, 0.25) is 5.91 Å². The van der Waals surface area contributed by atoms with Crippen molar-refractivity contribution in [2.75, 3.05) is 19.7 Å². The van der Waals surface area contributed by atoms with Crippen LogP contribution in [-0.2, 0) is 4.79 Å². The Bertz CT molecular complexity index is 517. The Kier molecular flexibility index (Phi) is 4.15. The van der Waals surface area contributed by atoms with Gasteiger partial charge in [-0.05, 0) is 49.3 Å². The highest BCUT2D eigenvalue weighted by atomic mass is 16.5. The number of carbonyl (C=O) groups excluding carboxylic acids is 1. The number of carbonyl (C=O) groups is 1. The number of ether oxygens (including phenoxy) is 1. The number of benzene rings is 1. The lowest BCUT2D eigenvalue weighted by Gasteiger charge is -2.19. The van der Waals surface area contributed by atoms with E-state index in [2.05, 4.69) is 0 Å². The lowest BCUT2D eigenvalue weighted by atomic mass is 9.98. The van der Waals surface area contributed by atoms with Crippen LogP contribution in [0, 0.1) is 18.8 Å². The molecule has 2 fully saturated rings. The quantitative estimate of drug-likeness (QED) is 0.921. The largest absolute Gasteiger partial charge is 0.493 e. The molecule has 3 atom stereocenters. The molecule has 1 aromatic carbocycles. The minimum Gasteiger partial charge on any atom is -0.493 e. The average Bonchev–Trinajstić information content (AvgIpc) is 3.02. The molecule has 0 aromatic heterocycles. The van der Waals surface area contributed by atoms with Gasteiger partial charge in [0.25, 0.3) is 0 Å². The summed E-state index contributed by atoms with van der Waals surface area (Å²) < 4.78 is 5.66. The number of nitrogens with two attached hydrogens (primary N) is 1. The molecule has 1 amide bonds. The van der Waals surface area contributed by atoms with Gasteiger partial charge in [-0.15, -0.1) is 0 Å². The first-order valence-corrected chi connectivity index (χ1v) is 7.86. The smallest absolute Gasteiger partial charge is 0.226 e. The predicted octanol–water partition coefficient (Wildman–Crippen LogP) is 1.96. The molecule has 4 heteroatoms. The van der Waals surface area contributed by atoms with Crippen molar-refractivity contribution in [1.82, 2.24) is 4.90 Å². The van der Waals surface area contributed by atoms with Crippen LogP contribution in [0.1, 0.15) is 24.8 Å². The second-order valence-electron chi connectivity index (χ2n) is 6.38. The molecule has 2 N–H and O–H groups in total. The first-order chi connectivity index (χ1) is 10.1. The molecule has 3 unspecified atom stereocenters. The van der Waals surface area contributed by atoms with Crippen LogP contribution in [-0.4, -0.2) is 36.5 Å². The summed E-state index contributed by atoms with van der Waals surface area (Å²) in [5, 5.41) is 0. The molecular formula is C17H24N2O2. The number of hydrogen-bond donors (Lipinski definition) is 1. The van der Waals surface area contributed by atoms with Gasteiger partial charge in [0.1, 0.15) is 5.75 Å². The zero-order chi connectivity index (χ0) is 14.8. The maximum Gasteiger partial charge on any atom is 0.226 e. The van der Waals surface area contributed by atoms with Crippen LogP contribution in [0.2, 0.25) is 0 Å². The van der Waals surface area contributed by atoms with Crippen LogP contribution in [0.3, 0.4) is 0 Å². The van der Waals surface area contributed by atoms with Crippen LogP contribution in [0.4, 0.5) is 0 Å². The number of aryl methyl sites for hydroxylation is 1. The molecule has 21 heavy (non-hydrogen) atoms. The van der Waals surface area contributed by atoms with Crippen molar-refractivity contribution in [3.05, 3.63) is 29.8 Å². The molecule has 0 radical (unpaired) electrons. The summed E-state index contributed by atoms with van der Waals surface area (Å²) in [7, 11) is 0. The van der Waals surface area contributed by atoms with Gasteiger partial charge >= 0.3 is 0 Å². The monoisotopic (exact) mass is 288 g/mol. The molecule has 1 saturated carbocycles. The maximum atomic E-state index is 12.2. The van der Waals surface area contributed by atoms with E-state index in [-0.39, 0.29) is 11.9 Å². The molecule has 1 saturated heterocycles. The standard InChI is InChI=1S/C17H24N2O2/c1-12-3-2-4-14(9-12)21-8-7-17(20)19-10-13-5-6-16(18)15(13)11-19/h2-4,9,13,15-16H,5-8,10-11,18H2,1H3. The fourth-order valence-electron chi connectivity index (χ4n) is 3.63. The van der Waals surface area contributed by atoms with E-state index in [0.717, 1.165) is 25.3 Å². The van der Waals surface area contributed by atoms with E-state index in [0.29, 0.717) is 24.9 Å². The summed E-state index contributed by atoms with van der Waals surface area (Å²) in [4.78, 5) is 14.2. The molecule has 4 nitrogen and oxygen atoms in total. The first kappa shape index (κ1) is 14.4. The van der Waals surface area contributed by atoms with E-state index < -0.39 is 0 Å². The summed E-state index contributed by atoms with van der Waals surface area (Å²) in [6.07, 6.45) is 2.74. The van der Waals surface area contributed by atoms with Crippen molar-refractivity contribution in [1.29, 1.82) is 0 Å². The minimum atomic E-state index is 0.198. The maximum absolute atomic E-state index is 12.2. The Morgan fingerprint density at radius 2 is 2.24 bits per heavy atom. The van der Waals surface area contributed by atoms with Gasteiger partial charge in [0, 0.05) is 19.1 Å². The van der Waals surface area contributed by atoms with Crippen LogP contribution in [0.5, 0.6) is 5.75 Å². The summed E-state index contributed by atoms with van der Waals surface area (Å²) in [5.41, 5.74) is 7.28. The van der Waals surface area contributed by atoms with Gasteiger partial charge in [0.15, 0.2) is 0 Å². The van der Waals surface area contributed by atoms with Crippen molar-refractivity contribution in [3.63, 3.8) is 0 Å². The molecule has 1 aliphatic heterocycles. The fourth-order valence-corrected chi connectivity index (χ4v) is 3.63. The number of fused-ring (bicyclic) bond motifs is 1. The fraction of sp³-hybridized carbons (Fsp3) is 0.588. The highest BCUT2D eigenvalue weighted by Crippen LogP contribution is 2.37. The number of rotatable bonds is 4. The number of hydrogen-bond acceptors (Lipinski definition) is 3. The van der Waals surface area contributed by atoms with Crippen LogP contribution < -0.4 is 10.5 Å². The summed E-state index contributed by atoms with van der Waals surface area (Å²) in [6.45, 7) is 4.21. The summed E-state index contributed by atoms with van der Waals surface area (Å²) in [6, 6.07) is 8.21. The van der Waals surface area contributed by atoms with Crippen molar-refractivity contribution >= 4 is 5.91 Å². The summed E-state index contributed by atoms with van der Waals surface area (Å²) in [5.74, 6) is 2.18. The Labute approximate surface area is 126 Å². The predicted molar refractivity (Wildman–Crippen MR) is 82.1 cm³/mol. The molecule has 0 bridgehead atoms. The van der Waals surface area contributed by atoms with Crippen molar-refractivity contribution < 1.29 is 9.53 Å². The topological polar surface area (TPSA) is 55.6 Å². The average molecular weight is 288 g/mol. The second kappa shape index (κ2) is 6.06. The van der Waals surface area contributed by atoms with Gasteiger partial charge in [-0.3, -0.25) is 4.79 Å². The molecule has 114 valence electrons. The zero-order valence-electron chi connectivity index (χ0n) is 12.6. The van der Waals surface area contributed by atoms with Crippen LogP contribution >= 0.6 is 0 Å². The lowest BCUT2D eigenvalue weighted by Crippen LogP contribution is -2.34. The van der Waals surface area contributed by atoms with Gasteiger partial charge in [-0.2, -0.15) is 0 Å². The highest BCUT2D eigenvalue weighted by Gasteiger charge is 2.42. The van der Waals surface area contributed by atoms with Crippen LogP contribution in [0.15, 0.2) is 24.3 Å². The van der Waals surface area contributed by atoms with Crippen LogP contribution in [0.25, 0.3) is 0 Å². The van der Waals surface area contributed by atoms with Crippen molar-refractivity contribution in [3.8, 4) is 5.75 Å². The van der Waals surface area contributed by atoms with Gasteiger partial charge < -0.3 is 15.4 Å². The number of likely N-dealkylation sites (tertiary alicyclic amines) is 1. The number of nitrogens with zero attached hydrogens (tertiary/aromatic N) is 1. The van der Waals surface area contributed by atoms with Gasteiger partial charge in [0.05, 0.1) is 13.0 Å². The summed E-state index contributed by atoms with van der Waals surface area (Å²) >= 11 is 0. The SMILES string of the molecule is Cc1cccc(OCCC(=O)N2CC3CCC(N)C3C2)c1.